The quantitative estimate of drug-likeness (QED) is 0.356. The molecule has 1 aromatic carbocycles. The molecule has 8 heteroatoms. The van der Waals surface area contributed by atoms with Gasteiger partial charge in [0.1, 0.15) is 5.00 Å². The van der Waals surface area contributed by atoms with E-state index in [0.717, 1.165) is 38.9 Å². The second-order valence-corrected chi connectivity index (χ2v) is 10.2. The van der Waals surface area contributed by atoms with Crippen LogP contribution in [0.3, 0.4) is 0 Å². The number of benzene rings is 1. The SMILES string of the molecule is CC1(C)CCc2sc(NC(=O)c3csc4ccc(CNN)cc34)c(C(=O)O)c2C1. The molecule has 2 aromatic heterocycles. The third-order valence-electron chi connectivity index (χ3n) is 5.40. The van der Waals surface area contributed by atoms with Crippen molar-refractivity contribution in [3.8, 4) is 0 Å². The van der Waals surface area contributed by atoms with Crippen molar-refractivity contribution in [2.45, 2.75) is 39.7 Å². The van der Waals surface area contributed by atoms with E-state index in [9.17, 15) is 14.7 Å². The minimum absolute atomic E-state index is 0.0660. The number of carboxylic acids is 1. The number of carbonyl (C=O) groups excluding carboxylic acids is 1. The molecule has 0 radical (unpaired) electrons. The largest absolute Gasteiger partial charge is 0.478 e. The van der Waals surface area contributed by atoms with Crippen molar-refractivity contribution in [3.05, 3.63) is 50.7 Å². The first-order valence-corrected chi connectivity index (χ1v) is 11.1. The van der Waals surface area contributed by atoms with Crippen LogP contribution in [0.25, 0.3) is 10.1 Å². The molecule has 1 aliphatic rings. The maximum absolute atomic E-state index is 13.0. The molecule has 5 N–H and O–H groups in total. The molecular formula is C21H23N3O3S2. The third kappa shape index (κ3) is 3.81. The van der Waals surface area contributed by atoms with E-state index in [2.05, 4.69) is 24.6 Å². The lowest BCUT2D eigenvalue weighted by molar-refractivity contribution is 0.0696. The van der Waals surface area contributed by atoms with Gasteiger partial charge in [-0.05, 0) is 47.9 Å². The van der Waals surface area contributed by atoms with Crippen molar-refractivity contribution in [2.24, 2.45) is 11.3 Å². The first-order valence-electron chi connectivity index (χ1n) is 9.42. The summed E-state index contributed by atoms with van der Waals surface area (Å²) in [5, 5.41) is 15.8. The molecule has 0 saturated heterocycles. The van der Waals surface area contributed by atoms with Gasteiger partial charge in [0, 0.05) is 26.9 Å². The predicted molar refractivity (Wildman–Crippen MR) is 118 cm³/mol. The minimum atomic E-state index is -0.984. The monoisotopic (exact) mass is 429 g/mol. The fourth-order valence-electron chi connectivity index (χ4n) is 3.88. The Morgan fingerprint density at radius 3 is 2.83 bits per heavy atom. The topological polar surface area (TPSA) is 104 Å². The summed E-state index contributed by atoms with van der Waals surface area (Å²) >= 11 is 2.89. The molecular weight excluding hydrogens is 406 g/mol. The lowest BCUT2D eigenvalue weighted by Gasteiger charge is -2.29. The highest BCUT2D eigenvalue weighted by Crippen LogP contribution is 2.44. The first-order chi connectivity index (χ1) is 13.8. The minimum Gasteiger partial charge on any atom is -0.478 e. The molecule has 3 aromatic rings. The number of hydrazine groups is 1. The van der Waals surface area contributed by atoms with Gasteiger partial charge in [-0.3, -0.25) is 16.1 Å². The van der Waals surface area contributed by atoms with E-state index in [4.69, 9.17) is 5.84 Å². The zero-order valence-electron chi connectivity index (χ0n) is 16.3. The second kappa shape index (κ2) is 7.53. The van der Waals surface area contributed by atoms with Gasteiger partial charge in [0.05, 0.1) is 11.1 Å². The Kier molecular flexibility index (Phi) is 5.20. The molecule has 152 valence electrons. The Morgan fingerprint density at radius 2 is 2.10 bits per heavy atom. The van der Waals surface area contributed by atoms with Gasteiger partial charge in [-0.1, -0.05) is 19.9 Å². The molecule has 1 aliphatic carbocycles. The van der Waals surface area contributed by atoms with Gasteiger partial charge < -0.3 is 10.4 Å². The van der Waals surface area contributed by atoms with Crippen LogP contribution in [0.15, 0.2) is 23.6 Å². The lowest BCUT2D eigenvalue weighted by Crippen LogP contribution is -2.22. The Hall–Kier alpha value is -2.26. The fourth-order valence-corrected chi connectivity index (χ4v) is 6.01. The summed E-state index contributed by atoms with van der Waals surface area (Å²) in [7, 11) is 0. The Morgan fingerprint density at radius 1 is 1.31 bits per heavy atom. The summed E-state index contributed by atoms with van der Waals surface area (Å²) < 4.78 is 1.00. The molecule has 0 saturated carbocycles. The summed E-state index contributed by atoms with van der Waals surface area (Å²) in [6.07, 6.45) is 2.58. The summed E-state index contributed by atoms with van der Waals surface area (Å²) in [5.74, 6) is 4.14. The summed E-state index contributed by atoms with van der Waals surface area (Å²) in [6.45, 7) is 4.81. The van der Waals surface area contributed by atoms with Crippen LogP contribution in [0.4, 0.5) is 5.00 Å². The number of rotatable bonds is 5. The number of amides is 1. The maximum atomic E-state index is 13.0. The predicted octanol–water partition coefficient (Wildman–Crippen LogP) is 4.39. The molecule has 0 aliphatic heterocycles. The number of hydrogen-bond acceptors (Lipinski definition) is 6. The maximum Gasteiger partial charge on any atom is 0.339 e. The third-order valence-corrected chi connectivity index (χ3v) is 7.58. The number of carbonyl (C=O) groups is 2. The van der Waals surface area contributed by atoms with Gasteiger partial charge >= 0.3 is 5.97 Å². The number of hydrogen-bond donors (Lipinski definition) is 4. The van der Waals surface area contributed by atoms with E-state index in [0.29, 0.717) is 23.5 Å². The summed E-state index contributed by atoms with van der Waals surface area (Å²) in [5.41, 5.74) is 5.34. The molecule has 0 unspecified atom stereocenters. The van der Waals surface area contributed by atoms with Crippen LogP contribution in [-0.2, 0) is 19.4 Å². The molecule has 6 nitrogen and oxygen atoms in total. The fraction of sp³-hybridized carbons (Fsp3) is 0.333. The van der Waals surface area contributed by atoms with Crippen LogP contribution in [-0.4, -0.2) is 17.0 Å². The Labute approximate surface area is 176 Å². The Bertz CT molecular complexity index is 1110. The smallest absolute Gasteiger partial charge is 0.339 e. The highest BCUT2D eigenvalue weighted by molar-refractivity contribution is 7.18. The van der Waals surface area contributed by atoms with Crippen LogP contribution in [0.1, 0.15) is 57.0 Å². The van der Waals surface area contributed by atoms with Gasteiger partial charge in [0.25, 0.3) is 5.91 Å². The number of thiophene rings is 2. The van der Waals surface area contributed by atoms with Crippen molar-refractivity contribution >= 4 is 49.6 Å². The average molecular weight is 430 g/mol. The molecule has 29 heavy (non-hydrogen) atoms. The van der Waals surface area contributed by atoms with Crippen LogP contribution < -0.4 is 16.6 Å². The molecule has 4 rings (SSSR count). The number of anilines is 1. The molecule has 0 spiro atoms. The standard InChI is InChI=1S/C21H23N3O3S2/c1-21(2)6-5-16-13(8-21)17(20(26)27)19(29-16)24-18(25)14-10-28-15-4-3-11(9-23-22)7-12(14)15/h3-4,7,10,23H,5-6,8-9,22H2,1-2H3,(H,24,25)(H,26,27). The van der Waals surface area contributed by atoms with E-state index in [1.807, 2.05) is 23.6 Å². The van der Waals surface area contributed by atoms with Crippen LogP contribution in [0.5, 0.6) is 0 Å². The Balaban J connectivity index is 1.69. The summed E-state index contributed by atoms with van der Waals surface area (Å²) in [4.78, 5) is 26.1. The van der Waals surface area contributed by atoms with Crippen LogP contribution >= 0.6 is 22.7 Å². The van der Waals surface area contributed by atoms with Crippen molar-refractivity contribution in [1.29, 1.82) is 0 Å². The van der Waals surface area contributed by atoms with Gasteiger partial charge in [0.2, 0.25) is 0 Å². The van der Waals surface area contributed by atoms with E-state index >= 15 is 0 Å². The highest BCUT2D eigenvalue weighted by atomic mass is 32.1. The van der Waals surface area contributed by atoms with Gasteiger partial charge in [-0.15, -0.1) is 22.7 Å². The zero-order chi connectivity index (χ0) is 20.8. The van der Waals surface area contributed by atoms with Crippen LogP contribution in [0.2, 0.25) is 0 Å². The van der Waals surface area contributed by atoms with Gasteiger partial charge in [-0.2, -0.15) is 0 Å². The zero-order valence-corrected chi connectivity index (χ0v) is 17.9. The number of nitrogens with two attached hydrogens (primary N) is 1. The number of nitrogens with one attached hydrogen (secondary N) is 2. The van der Waals surface area contributed by atoms with Gasteiger partial charge in [-0.25, -0.2) is 4.79 Å². The number of aromatic carboxylic acids is 1. The molecule has 0 bridgehead atoms. The van der Waals surface area contributed by atoms with E-state index < -0.39 is 5.97 Å². The number of carboxylic acid groups (broad SMARTS) is 1. The van der Waals surface area contributed by atoms with Crippen molar-refractivity contribution in [2.75, 3.05) is 5.32 Å². The molecule has 0 fully saturated rings. The van der Waals surface area contributed by atoms with E-state index in [-0.39, 0.29) is 16.9 Å². The molecule has 1 amide bonds. The van der Waals surface area contributed by atoms with Crippen LogP contribution in [0, 0.1) is 5.41 Å². The van der Waals surface area contributed by atoms with E-state index in [1.54, 1.807) is 0 Å². The van der Waals surface area contributed by atoms with Crippen molar-refractivity contribution in [3.63, 3.8) is 0 Å². The number of aryl methyl sites for hydroxylation is 1. The summed E-state index contributed by atoms with van der Waals surface area (Å²) in [6, 6.07) is 5.89. The molecule has 2 heterocycles. The average Bonchev–Trinajstić information content (AvgIpc) is 3.21. The molecule has 0 atom stereocenters. The van der Waals surface area contributed by atoms with Crippen molar-refractivity contribution in [1.82, 2.24) is 5.43 Å². The normalized spacial score (nSPS) is 15.3. The first kappa shape index (κ1) is 20.0. The van der Waals surface area contributed by atoms with Gasteiger partial charge in [0.15, 0.2) is 0 Å². The van der Waals surface area contributed by atoms with Crippen molar-refractivity contribution < 1.29 is 14.7 Å². The van der Waals surface area contributed by atoms with E-state index in [1.165, 1.54) is 22.7 Å². The number of fused-ring (bicyclic) bond motifs is 2. The highest BCUT2D eigenvalue weighted by Gasteiger charge is 2.33. The lowest BCUT2D eigenvalue weighted by atomic mass is 9.76. The second-order valence-electron chi connectivity index (χ2n) is 8.17.